The first kappa shape index (κ1) is 15.1. The Morgan fingerprint density at radius 2 is 2.18 bits per heavy atom. The number of aromatic nitrogens is 3. The van der Waals surface area contributed by atoms with E-state index in [9.17, 15) is 5.11 Å². The molecule has 1 aromatic carbocycles. The highest BCUT2D eigenvalue weighted by Gasteiger charge is 2.16. The fourth-order valence-electron chi connectivity index (χ4n) is 2.46. The van der Waals surface area contributed by atoms with E-state index in [-0.39, 0.29) is 12.9 Å². The standard InChI is InChI=1S/C16H21N3O3/c20-14(12-22-16-8-4-5-9-21-16)10-19-11-15(17-18-19)13-6-2-1-3-7-13/h1-3,6-7,11,14,16,20H,4-5,8-10,12H2. The van der Waals surface area contributed by atoms with E-state index in [4.69, 9.17) is 9.47 Å². The molecule has 0 saturated carbocycles. The van der Waals surface area contributed by atoms with Crippen LogP contribution in [0.4, 0.5) is 0 Å². The van der Waals surface area contributed by atoms with Gasteiger partial charge in [0.25, 0.3) is 0 Å². The molecule has 1 aromatic heterocycles. The summed E-state index contributed by atoms with van der Waals surface area (Å²) in [5.41, 5.74) is 1.81. The lowest BCUT2D eigenvalue weighted by atomic mass is 10.2. The van der Waals surface area contributed by atoms with Gasteiger partial charge in [-0.05, 0) is 19.3 Å². The Bertz CT molecular complexity index is 567. The van der Waals surface area contributed by atoms with Crippen molar-refractivity contribution in [2.75, 3.05) is 13.2 Å². The third kappa shape index (κ3) is 4.13. The fourth-order valence-corrected chi connectivity index (χ4v) is 2.46. The number of ether oxygens (including phenoxy) is 2. The SMILES string of the molecule is OC(COC1CCCCO1)Cn1cc(-c2ccccc2)nn1. The molecule has 1 N–H and O–H groups in total. The van der Waals surface area contributed by atoms with Gasteiger partial charge in [-0.25, -0.2) is 4.68 Å². The molecule has 22 heavy (non-hydrogen) atoms. The van der Waals surface area contributed by atoms with Crippen LogP contribution >= 0.6 is 0 Å². The molecular weight excluding hydrogens is 282 g/mol. The number of aliphatic hydroxyl groups is 1. The molecular formula is C16H21N3O3. The zero-order valence-electron chi connectivity index (χ0n) is 12.5. The number of benzene rings is 1. The Morgan fingerprint density at radius 1 is 1.32 bits per heavy atom. The van der Waals surface area contributed by atoms with Crippen molar-refractivity contribution >= 4 is 0 Å². The summed E-state index contributed by atoms with van der Waals surface area (Å²) in [4.78, 5) is 0. The number of hydrogen-bond donors (Lipinski definition) is 1. The van der Waals surface area contributed by atoms with Crippen molar-refractivity contribution in [1.29, 1.82) is 0 Å². The summed E-state index contributed by atoms with van der Waals surface area (Å²) in [6.45, 7) is 1.34. The van der Waals surface area contributed by atoms with Gasteiger partial charge in [0.2, 0.25) is 0 Å². The predicted molar refractivity (Wildman–Crippen MR) is 81.0 cm³/mol. The maximum atomic E-state index is 10.0. The highest BCUT2D eigenvalue weighted by molar-refractivity contribution is 5.57. The van der Waals surface area contributed by atoms with Crippen molar-refractivity contribution in [2.24, 2.45) is 0 Å². The average Bonchev–Trinajstić information content (AvgIpc) is 3.03. The van der Waals surface area contributed by atoms with Gasteiger partial charge in [-0.2, -0.15) is 0 Å². The van der Waals surface area contributed by atoms with Crippen molar-refractivity contribution in [2.45, 2.75) is 38.2 Å². The number of rotatable bonds is 6. The second-order valence-electron chi connectivity index (χ2n) is 5.48. The van der Waals surface area contributed by atoms with E-state index in [1.54, 1.807) is 4.68 Å². The summed E-state index contributed by atoms with van der Waals surface area (Å²) in [5.74, 6) is 0. The van der Waals surface area contributed by atoms with Gasteiger partial charge in [0.15, 0.2) is 6.29 Å². The lowest BCUT2D eigenvalue weighted by molar-refractivity contribution is -0.176. The van der Waals surface area contributed by atoms with Crippen molar-refractivity contribution in [3.05, 3.63) is 36.5 Å². The van der Waals surface area contributed by atoms with E-state index >= 15 is 0 Å². The van der Waals surface area contributed by atoms with Crippen LogP contribution < -0.4 is 0 Å². The molecule has 1 aliphatic rings. The normalized spacial score (nSPS) is 20.0. The summed E-state index contributed by atoms with van der Waals surface area (Å²) in [6, 6.07) is 9.84. The van der Waals surface area contributed by atoms with Gasteiger partial charge in [0.05, 0.1) is 25.5 Å². The minimum absolute atomic E-state index is 0.181. The minimum atomic E-state index is -0.629. The Morgan fingerprint density at radius 3 is 2.95 bits per heavy atom. The van der Waals surface area contributed by atoms with Gasteiger partial charge >= 0.3 is 0 Å². The molecule has 1 aliphatic heterocycles. The van der Waals surface area contributed by atoms with E-state index in [0.29, 0.717) is 6.54 Å². The molecule has 6 nitrogen and oxygen atoms in total. The quantitative estimate of drug-likeness (QED) is 0.882. The first-order valence-corrected chi connectivity index (χ1v) is 7.68. The first-order chi connectivity index (χ1) is 10.8. The van der Waals surface area contributed by atoms with Gasteiger partial charge in [-0.1, -0.05) is 35.5 Å². The molecule has 2 atom stereocenters. The molecule has 0 bridgehead atoms. The van der Waals surface area contributed by atoms with Crippen molar-refractivity contribution in [1.82, 2.24) is 15.0 Å². The molecule has 2 heterocycles. The topological polar surface area (TPSA) is 69.4 Å². The lowest BCUT2D eigenvalue weighted by Gasteiger charge is -2.23. The van der Waals surface area contributed by atoms with Gasteiger partial charge < -0.3 is 14.6 Å². The molecule has 2 unspecified atom stereocenters. The van der Waals surface area contributed by atoms with Gasteiger partial charge in [0, 0.05) is 12.2 Å². The smallest absolute Gasteiger partial charge is 0.157 e. The first-order valence-electron chi connectivity index (χ1n) is 7.68. The summed E-state index contributed by atoms with van der Waals surface area (Å²) >= 11 is 0. The average molecular weight is 303 g/mol. The second kappa shape index (κ2) is 7.49. The van der Waals surface area contributed by atoms with Crippen LogP contribution in [0.2, 0.25) is 0 Å². The van der Waals surface area contributed by atoms with Gasteiger partial charge in [-0.15, -0.1) is 5.10 Å². The Labute approximate surface area is 129 Å². The van der Waals surface area contributed by atoms with Crippen LogP contribution in [0.3, 0.4) is 0 Å². The number of aliphatic hydroxyl groups excluding tert-OH is 1. The highest BCUT2D eigenvalue weighted by Crippen LogP contribution is 2.16. The summed E-state index contributed by atoms with van der Waals surface area (Å²) in [7, 11) is 0. The predicted octanol–water partition coefficient (Wildman–Crippen LogP) is 1.85. The zero-order valence-corrected chi connectivity index (χ0v) is 12.5. The molecule has 2 aromatic rings. The van der Waals surface area contributed by atoms with E-state index in [1.165, 1.54) is 0 Å². The summed E-state index contributed by atoms with van der Waals surface area (Å²) < 4.78 is 12.7. The summed E-state index contributed by atoms with van der Waals surface area (Å²) in [5, 5.41) is 18.2. The maximum absolute atomic E-state index is 10.0. The van der Waals surface area contributed by atoms with E-state index in [0.717, 1.165) is 37.1 Å². The monoisotopic (exact) mass is 303 g/mol. The van der Waals surface area contributed by atoms with E-state index in [1.807, 2.05) is 36.5 Å². The van der Waals surface area contributed by atoms with Crippen molar-refractivity contribution < 1.29 is 14.6 Å². The minimum Gasteiger partial charge on any atom is -0.389 e. The maximum Gasteiger partial charge on any atom is 0.157 e. The van der Waals surface area contributed by atoms with E-state index < -0.39 is 6.10 Å². The molecule has 118 valence electrons. The molecule has 0 spiro atoms. The van der Waals surface area contributed by atoms with Gasteiger partial charge in [0.1, 0.15) is 5.69 Å². The molecule has 6 heteroatoms. The molecule has 1 saturated heterocycles. The molecule has 3 rings (SSSR count). The Kier molecular flexibility index (Phi) is 5.15. The molecule has 0 amide bonds. The van der Waals surface area contributed by atoms with Crippen molar-refractivity contribution in [3.8, 4) is 11.3 Å². The van der Waals surface area contributed by atoms with Crippen LogP contribution in [0, 0.1) is 0 Å². The molecule has 1 fully saturated rings. The molecule has 0 radical (unpaired) electrons. The number of hydrogen-bond acceptors (Lipinski definition) is 5. The van der Waals surface area contributed by atoms with Gasteiger partial charge in [-0.3, -0.25) is 0 Å². The third-order valence-electron chi connectivity index (χ3n) is 3.62. The summed E-state index contributed by atoms with van der Waals surface area (Å²) in [6.07, 6.45) is 4.12. The lowest BCUT2D eigenvalue weighted by Crippen LogP contribution is -2.29. The Hall–Kier alpha value is -1.76. The zero-order chi connectivity index (χ0) is 15.2. The molecule has 0 aliphatic carbocycles. The largest absolute Gasteiger partial charge is 0.389 e. The van der Waals surface area contributed by atoms with Crippen molar-refractivity contribution in [3.63, 3.8) is 0 Å². The van der Waals surface area contributed by atoms with Crippen LogP contribution in [0.25, 0.3) is 11.3 Å². The van der Waals surface area contributed by atoms with E-state index in [2.05, 4.69) is 10.3 Å². The van der Waals surface area contributed by atoms with Crippen LogP contribution in [0.1, 0.15) is 19.3 Å². The van der Waals surface area contributed by atoms with Crippen LogP contribution in [-0.2, 0) is 16.0 Å². The Balaban J connectivity index is 1.49. The van der Waals surface area contributed by atoms with Crippen LogP contribution in [0.5, 0.6) is 0 Å². The number of nitrogens with zero attached hydrogens (tertiary/aromatic N) is 3. The third-order valence-corrected chi connectivity index (χ3v) is 3.62. The fraction of sp³-hybridized carbons (Fsp3) is 0.500. The van der Waals surface area contributed by atoms with Crippen LogP contribution in [-0.4, -0.2) is 45.7 Å². The highest BCUT2D eigenvalue weighted by atomic mass is 16.7. The van der Waals surface area contributed by atoms with Crippen LogP contribution in [0.15, 0.2) is 36.5 Å². The second-order valence-corrected chi connectivity index (χ2v) is 5.48.